The Morgan fingerprint density at radius 3 is 2.30 bits per heavy atom. The molecule has 0 unspecified atom stereocenters. The van der Waals surface area contributed by atoms with Gasteiger partial charge in [-0.05, 0) is 0 Å². The van der Waals surface area contributed by atoms with Gasteiger partial charge in [-0.15, -0.1) is 23.2 Å². The Hall–Kier alpha value is 0.0500. The maximum Gasteiger partial charge on any atom is 0.217 e. The van der Waals surface area contributed by atoms with Crippen LogP contribution in [0.5, 0.6) is 0 Å². The van der Waals surface area contributed by atoms with Gasteiger partial charge in [-0.2, -0.15) is 0 Å². The summed E-state index contributed by atoms with van der Waals surface area (Å²) >= 11 is 13.3. The van der Waals surface area contributed by atoms with E-state index in [1.54, 1.807) is 0 Å². The van der Waals surface area contributed by atoms with E-state index >= 15 is 0 Å². The number of ether oxygens (including phenoxy) is 4. The second kappa shape index (κ2) is 4.52. The minimum absolute atomic E-state index is 0.101. The van der Waals surface area contributed by atoms with E-state index in [0.29, 0.717) is 0 Å². The molecular weight excluding hydrogens is 311 g/mol. The number of halogens is 2. The molecule has 114 valence electrons. The van der Waals surface area contributed by atoms with E-state index in [1.807, 2.05) is 0 Å². The Kier molecular flexibility index (Phi) is 3.38. The van der Waals surface area contributed by atoms with Crippen molar-refractivity contribution in [2.24, 2.45) is 11.8 Å². The molecule has 0 aromatic heterocycles. The van der Waals surface area contributed by atoms with Gasteiger partial charge in [0.2, 0.25) is 5.79 Å². The molecule has 2 saturated carbocycles. The van der Waals surface area contributed by atoms with Crippen LogP contribution in [0.4, 0.5) is 0 Å². The Morgan fingerprint density at radius 2 is 1.75 bits per heavy atom. The minimum Gasteiger partial charge on any atom is -0.383 e. The van der Waals surface area contributed by atoms with Crippen molar-refractivity contribution in [3.05, 3.63) is 0 Å². The molecular formula is C12H16Cl2O6. The maximum absolute atomic E-state index is 12.5. The van der Waals surface area contributed by atoms with Crippen molar-refractivity contribution in [2.45, 2.75) is 21.6 Å². The van der Waals surface area contributed by atoms with Crippen molar-refractivity contribution in [3.63, 3.8) is 0 Å². The van der Waals surface area contributed by atoms with Crippen molar-refractivity contribution in [2.75, 3.05) is 34.2 Å². The third-order valence-corrected chi connectivity index (χ3v) is 6.31. The molecule has 1 heterocycles. The molecule has 1 saturated heterocycles. The average Bonchev–Trinajstić information content (AvgIpc) is 2.68. The standard InChI is InChI=1S/C12H16Cl2O6/c1-17-12(18-2)10(13)6-3-19-5-20-4-7(6)11(12,14)9(16)8(10)15/h6-8,15H,3-5H2,1-2H3/t6-,7+,8+,10-,11+/m0/s1. The summed E-state index contributed by atoms with van der Waals surface area (Å²) in [7, 11) is 2.71. The van der Waals surface area contributed by atoms with E-state index in [-0.39, 0.29) is 20.0 Å². The first-order valence-electron chi connectivity index (χ1n) is 6.27. The zero-order chi connectivity index (χ0) is 14.8. The van der Waals surface area contributed by atoms with Crippen molar-refractivity contribution < 1.29 is 28.8 Å². The number of Topliss-reactive ketones (excluding diaryl/α,β-unsaturated/α-hetero) is 1. The number of ketones is 1. The van der Waals surface area contributed by atoms with Crippen molar-refractivity contribution in [3.8, 4) is 0 Å². The lowest BCUT2D eigenvalue weighted by Crippen LogP contribution is -2.58. The van der Waals surface area contributed by atoms with Crippen LogP contribution in [-0.4, -0.2) is 66.8 Å². The summed E-state index contributed by atoms with van der Waals surface area (Å²) in [6.07, 6.45) is -1.48. The highest BCUT2D eigenvalue weighted by Crippen LogP contribution is 2.69. The van der Waals surface area contributed by atoms with Gasteiger partial charge in [0.05, 0.1) is 13.2 Å². The number of aliphatic hydroxyl groups excluding tert-OH is 1. The van der Waals surface area contributed by atoms with Gasteiger partial charge < -0.3 is 24.1 Å². The van der Waals surface area contributed by atoms with Crippen LogP contribution in [0.2, 0.25) is 0 Å². The van der Waals surface area contributed by atoms with Crippen LogP contribution in [0, 0.1) is 11.8 Å². The van der Waals surface area contributed by atoms with Gasteiger partial charge in [0.1, 0.15) is 17.8 Å². The number of hydrogen-bond donors (Lipinski definition) is 1. The van der Waals surface area contributed by atoms with Gasteiger partial charge in [-0.1, -0.05) is 0 Å². The second-order valence-corrected chi connectivity index (χ2v) is 6.57. The fourth-order valence-electron chi connectivity index (χ4n) is 4.03. The third kappa shape index (κ3) is 1.28. The van der Waals surface area contributed by atoms with Crippen LogP contribution in [0.25, 0.3) is 0 Å². The van der Waals surface area contributed by atoms with E-state index in [4.69, 9.17) is 42.1 Å². The first-order valence-corrected chi connectivity index (χ1v) is 7.03. The predicted molar refractivity (Wildman–Crippen MR) is 68.7 cm³/mol. The summed E-state index contributed by atoms with van der Waals surface area (Å²) < 4.78 is 21.5. The van der Waals surface area contributed by atoms with Crippen molar-refractivity contribution >= 4 is 29.0 Å². The second-order valence-electron chi connectivity index (χ2n) is 5.34. The van der Waals surface area contributed by atoms with Gasteiger partial charge >= 0.3 is 0 Å². The number of alkyl halides is 2. The van der Waals surface area contributed by atoms with Crippen LogP contribution < -0.4 is 0 Å². The minimum atomic E-state index is -1.63. The molecule has 0 aromatic carbocycles. The number of aliphatic hydroxyl groups is 1. The van der Waals surface area contributed by atoms with Gasteiger partial charge in [0, 0.05) is 26.1 Å². The van der Waals surface area contributed by atoms with Gasteiger partial charge in [-0.25, -0.2) is 0 Å². The van der Waals surface area contributed by atoms with Crippen LogP contribution in [0.3, 0.4) is 0 Å². The highest BCUT2D eigenvalue weighted by atomic mass is 35.5. The Bertz CT molecular complexity index is 442. The molecule has 3 fully saturated rings. The number of carbonyl (C=O) groups is 1. The number of fused-ring (bicyclic) bond motifs is 5. The molecule has 0 spiro atoms. The first-order chi connectivity index (χ1) is 9.41. The lowest BCUT2D eigenvalue weighted by atomic mass is 9.77. The monoisotopic (exact) mass is 326 g/mol. The summed E-state index contributed by atoms with van der Waals surface area (Å²) in [5.41, 5.74) is 0. The molecule has 0 radical (unpaired) electrons. The maximum atomic E-state index is 12.5. The number of rotatable bonds is 2. The lowest BCUT2D eigenvalue weighted by Gasteiger charge is -2.40. The van der Waals surface area contributed by atoms with E-state index in [9.17, 15) is 9.90 Å². The molecule has 2 aliphatic carbocycles. The normalized spacial score (nSPS) is 50.0. The molecule has 8 heteroatoms. The highest BCUT2D eigenvalue weighted by Gasteiger charge is 2.89. The number of carbonyl (C=O) groups excluding carboxylic acids is 1. The molecule has 3 rings (SSSR count). The largest absolute Gasteiger partial charge is 0.383 e. The zero-order valence-electron chi connectivity index (χ0n) is 11.1. The van der Waals surface area contributed by atoms with Crippen molar-refractivity contribution in [1.29, 1.82) is 0 Å². The predicted octanol–water partition coefficient (Wildman–Crippen LogP) is 0.125. The van der Waals surface area contributed by atoms with Crippen LogP contribution >= 0.6 is 23.2 Å². The Labute approximate surface area is 126 Å². The number of methoxy groups -OCH3 is 2. The molecule has 5 atom stereocenters. The zero-order valence-corrected chi connectivity index (χ0v) is 12.6. The van der Waals surface area contributed by atoms with Gasteiger partial charge in [-0.3, -0.25) is 4.79 Å². The SMILES string of the molecule is COC1(OC)[C@@]2(Cl)[C@H](O)C(=O)[C@]1(Cl)[C@@H]1COCOC[C@@H]12. The number of hydrogen-bond acceptors (Lipinski definition) is 6. The summed E-state index contributed by atoms with van der Waals surface area (Å²) in [4.78, 5) is 9.36. The van der Waals surface area contributed by atoms with E-state index in [0.717, 1.165) is 0 Å². The summed E-state index contributed by atoms with van der Waals surface area (Å²) in [5, 5.41) is 10.3. The fourth-order valence-corrected chi connectivity index (χ4v) is 5.32. The van der Waals surface area contributed by atoms with Gasteiger partial charge in [0.15, 0.2) is 10.7 Å². The van der Waals surface area contributed by atoms with E-state index in [2.05, 4.69) is 0 Å². The topological polar surface area (TPSA) is 74.2 Å². The Balaban J connectivity index is 2.22. The molecule has 20 heavy (non-hydrogen) atoms. The molecule has 0 amide bonds. The lowest BCUT2D eigenvalue weighted by molar-refractivity contribution is -0.231. The Morgan fingerprint density at radius 1 is 1.20 bits per heavy atom. The molecule has 0 aromatic rings. The molecule has 1 aliphatic heterocycles. The quantitative estimate of drug-likeness (QED) is 0.574. The third-order valence-electron chi connectivity index (χ3n) is 4.86. The van der Waals surface area contributed by atoms with E-state index in [1.165, 1.54) is 14.2 Å². The summed E-state index contributed by atoms with van der Waals surface area (Å²) in [5.74, 6) is -3.10. The van der Waals surface area contributed by atoms with Crippen LogP contribution in [0.1, 0.15) is 0 Å². The highest BCUT2D eigenvalue weighted by molar-refractivity contribution is 6.43. The smallest absolute Gasteiger partial charge is 0.217 e. The van der Waals surface area contributed by atoms with Crippen molar-refractivity contribution in [1.82, 2.24) is 0 Å². The molecule has 6 nitrogen and oxygen atoms in total. The molecule has 2 bridgehead atoms. The van der Waals surface area contributed by atoms with Gasteiger partial charge in [0.25, 0.3) is 0 Å². The summed E-state index contributed by atoms with van der Waals surface area (Å²) in [6.45, 7) is 0.501. The van der Waals surface area contributed by atoms with Crippen LogP contribution in [-0.2, 0) is 23.7 Å². The molecule has 1 N–H and O–H groups in total. The van der Waals surface area contributed by atoms with E-state index < -0.39 is 39.3 Å². The average molecular weight is 327 g/mol. The first kappa shape index (κ1) is 15.0. The van der Waals surface area contributed by atoms with Crippen LogP contribution in [0.15, 0.2) is 0 Å². The summed E-state index contributed by atoms with van der Waals surface area (Å²) in [6, 6.07) is 0. The fraction of sp³-hybridized carbons (Fsp3) is 0.917. The molecule has 3 aliphatic rings.